The molecule has 0 aliphatic heterocycles. The number of halogens is 2. The summed E-state index contributed by atoms with van der Waals surface area (Å²) in [7, 11) is 1.53. The van der Waals surface area contributed by atoms with Crippen molar-refractivity contribution in [3.63, 3.8) is 0 Å². The Labute approximate surface area is 153 Å². The fraction of sp³-hybridized carbons (Fsp3) is 0.250. The van der Waals surface area contributed by atoms with Crippen molar-refractivity contribution in [2.45, 2.75) is 12.5 Å². The third-order valence-electron chi connectivity index (χ3n) is 2.99. The number of amides is 1. The highest BCUT2D eigenvalue weighted by Crippen LogP contribution is 2.22. The van der Waals surface area contributed by atoms with Gasteiger partial charge in [0, 0.05) is 37.7 Å². The van der Waals surface area contributed by atoms with Gasteiger partial charge in [-0.25, -0.2) is 4.98 Å². The summed E-state index contributed by atoms with van der Waals surface area (Å²) < 4.78 is 10.7. The summed E-state index contributed by atoms with van der Waals surface area (Å²) in [6.45, 7) is 0.298. The number of nitrogens with zero attached hydrogens (tertiary/aromatic N) is 1. The molecule has 132 valence electrons. The zero-order valence-electron chi connectivity index (χ0n) is 13.2. The van der Waals surface area contributed by atoms with E-state index in [-0.39, 0.29) is 43.2 Å². The lowest BCUT2D eigenvalue weighted by molar-refractivity contribution is -0.118. The van der Waals surface area contributed by atoms with E-state index in [1.807, 2.05) is 12.1 Å². The molecule has 6 nitrogen and oxygen atoms in total. The molecule has 3 N–H and O–H groups in total. The molecule has 2 rings (SSSR count). The second kappa shape index (κ2) is 11.6. The molecular weight excluding hydrogens is 353 g/mol. The Morgan fingerprint density at radius 2 is 2.04 bits per heavy atom. The smallest absolute Gasteiger partial charge is 0.227 e. The van der Waals surface area contributed by atoms with Crippen molar-refractivity contribution in [3.05, 3.63) is 48.7 Å². The van der Waals surface area contributed by atoms with Gasteiger partial charge in [-0.05, 0) is 18.2 Å². The van der Waals surface area contributed by atoms with Crippen molar-refractivity contribution in [1.29, 1.82) is 0 Å². The standard InChI is InChI=1S/C16H19N3O3.2ClH/c1-21-14(11-17)10-15(20)19-12-5-4-6-13(9-12)22-16-7-2-3-8-18-16;;/h2-9,14H,10-11,17H2,1H3,(H,19,20);2*1H. The van der Waals surface area contributed by atoms with Crippen LogP contribution in [-0.2, 0) is 9.53 Å². The number of pyridine rings is 1. The number of hydrogen-bond acceptors (Lipinski definition) is 5. The molecule has 1 heterocycles. The zero-order valence-corrected chi connectivity index (χ0v) is 14.8. The van der Waals surface area contributed by atoms with Crippen molar-refractivity contribution >= 4 is 36.4 Å². The first-order chi connectivity index (χ1) is 10.7. The average Bonchev–Trinajstić information content (AvgIpc) is 2.54. The van der Waals surface area contributed by atoms with Crippen LogP contribution >= 0.6 is 24.8 Å². The number of nitrogens with one attached hydrogen (secondary N) is 1. The number of anilines is 1. The van der Waals surface area contributed by atoms with Gasteiger partial charge < -0.3 is 20.5 Å². The number of benzene rings is 1. The molecule has 2 aromatic rings. The molecule has 0 saturated carbocycles. The number of methoxy groups -OCH3 is 1. The topological polar surface area (TPSA) is 86.5 Å². The first-order valence-electron chi connectivity index (χ1n) is 6.93. The fourth-order valence-electron chi connectivity index (χ4n) is 1.85. The van der Waals surface area contributed by atoms with E-state index < -0.39 is 0 Å². The van der Waals surface area contributed by atoms with E-state index in [2.05, 4.69) is 10.3 Å². The van der Waals surface area contributed by atoms with E-state index in [9.17, 15) is 4.79 Å². The second-order valence-electron chi connectivity index (χ2n) is 4.64. The molecule has 0 radical (unpaired) electrons. The largest absolute Gasteiger partial charge is 0.439 e. The maximum atomic E-state index is 11.9. The van der Waals surface area contributed by atoms with Crippen LogP contribution in [0.5, 0.6) is 11.6 Å². The fourth-order valence-corrected chi connectivity index (χ4v) is 1.85. The van der Waals surface area contributed by atoms with Crippen molar-refractivity contribution in [1.82, 2.24) is 4.98 Å². The third-order valence-corrected chi connectivity index (χ3v) is 2.99. The quantitative estimate of drug-likeness (QED) is 0.778. The molecule has 0 bridgehead atoms. The molecule has 1 unspecified atom stereocenters. The van der Waals surface area contributed by atoms with E-state index in [4.69, 9.17) is 15.2 Å². The van der Waals surface area contributed by atoms with Crippen LogP contribution in [0.2, 0.25) is 0 Å². The van der Waals surface area contributed by atoms with Crippen LogP contribution in [0.3, 0.4) is 0 Å². The molecule has 0 aliphatic carbocycles. The number of rotatable bonds is 7. The van der Waals surface area contributed by atoms with Crippen LogP contribution < -0.4 is 15.8 Å². The van der Waals surface area contributed by atoms with E-state index in [1.54, 1.807) is 36.5 Å². The second-order valence-corrected chi connectivity index (χ2v) is 4.64. The van der Waals surface area contributed by atoms with E-state index >= 15 is 0 Å². The number of nitrogens with two attached hydrogens (primary N) is 1. The number of carbonyl (C=O) groups excluding carboxylic acids is 1. The summed E-state index contributed by atoms with van der Waals surface area (Å²) >= 11 is 0. The number of hydrogen-bond donors (Lipinski definition) is 2. The van der Waals surface area contributed by atoms with Gasteiger partial charge in [-0.1, -0.05) is 12.1 Å². The number of carbonyl (C=O) groups is 1. The Kier molecular flexibility index (Phi) is 10.7. The Morgan fingerprint density at radius 3 is 2.67 bits per heavy atom. The summed E-state index contributed by atoms with van der Waals surface area (Å²) in [5.74, 6) is 0.930. The molecule has 8 heteroatoms. The molecule has 0 aliphatic rings. The molecule has 1 atom stereocenters. The maximum Gasteiger partial charge on any atom is 0.227 e. The third kappa shape index (κ3) is 7.14. The molecule has 0 fully saturated rings. The Morgan fingerprint density at radius 1 is 1.25 bits per heavy atom. The van der Waals surface area contributed by atoms with Gasteiger partial charge in [0.25, 0.3) is 0 Å². The minimum Gasteiger partial charge on any atom is -0.439 e. The van der Waals surface area contributed by atoms with Gasteiger partial charge in [0.2, 0.25) is 11.8 Å². The van der Waals surface area contributed by atoms with Crippen LogP contribution in [0.15, 0.2) is 48.7 Å². The van der Waals surface area contributed by atoms with E-state index in [1.165, 1.54) is 7.11 Å². The molecule has 1 amide bonds. The highest BCUT2D eigenvalue weighted by molar-refractivity contribution is 5.91. The molecule has 1 aromatic heterocycles. The number of aromatic nitrogens is 1. The van der Waals surface area contributed by atoms with Crippen molar-refractivity contribution in [2.75, 3.05) is 19.0 Å². The van der Waals surface area contributed by atoms with Crippen LogP contribution in [0.4, 0.5) is 5.69 Å². The predicted octanol–water partition coefficient (Wildman–Crippen LogP) is 3.02. The Hall–Kier alpha value is -1.86. The van der Waals surface area contributed by atoms with Gasteiger partial charge in [-0.3, -0.25) is 4.79 Å². The number of ether oxygens (including phenoxy) is 2. The van der Waals surface area contributed by atoms with Crippen LogP contribution in [0.25, 0.3) is 0 Å². The van der Waals surface area contributed by atoms with Crippen molar-refractivity contribution in [3.8, 4) is 11.6 Å². The Bertz CT molecular complexity index is 611. The monoisotopic (exact) mass is 373 g/mol. The zero-order chi connectivity index (χ0) is 15.8. The predicted molar refractivity (Wildman–Crippen MR) is 98.3 cm³/mol. The molecule has 0 saturated heterocycles. The van der Waals surface area contributed by atoms with E-state index in [0.717, 1.165) is 0 Å². The van der Waals surface area contributed by atoms with Crippen molar-refractivity contribution in [2.24, 2.45) is 5.73 Å². The van der Waals surface area contributed by atoms with Crippen LogP contribution in [0, 0.1) is 0 Å². The van der Waals surface area contributed by atoms with Crippen LogP contribution in [0.1, 0.15) is 6.42 Å². The Balaban J connectivity index is 0.00000264. The summed E-state index contributed by atoms with van der Waals surface area (Å²) in [6, 6.07) is 12.5. The first kappa shape index (κ1) is 22.1. The minimum atomic E-state index is -0.284. The highest BCUT2D eigenvalue weighted by Gasteiger charge is 2.11. The lowest BCUT2D eigenvalue weighted by atomic mass is 10.2. The lowest BCUT2D eigenvalue weighted by Gasteiger charge is -2.13. The maximum absolute atomic E-state index is 11.9. The summed E-state index contributed by atoms with van der Waals surface area (Å²) in [5, 5.41) is 2.79. The van der Waals surface area contributed by atoms with Gasteiger partial charge in [0.15, 0.2) is 0 Å². The molecule has 1 aromatic carbocycles. The van der Waals surface area contributed by atoms with Gasteiger partial charge in [0.1, 0.15) is 5.75 Å². The summed E-state index contributed by atoms with van der Waals surface area (Å²) in [6.07, 6.45) is 1.57. The SMILES string of the molecule is COC(CN)CC(=O)Nc1cccc(Oc2ccccn2)c1.Cl.Cl. The molecular formula is C16H21Cl2N3O3. The van der Waals surface area contributed by atoms with E-state index in [0.29, 0.717) is 23.9 Å². The lowest BCUT2D eigenvalue weighted by Crippen LogP contribution is -2.28. The average molecular weight is 374 g/mol. The first-order valence-corrected chi connectivity index (χ1v) is 6.93. The minimum absolute atomic E-state index is 0. The summed E-state index contributed by atoms with van der Waals surface area (Å²) in [4.78, 5) is 16.0. The summed E-state index contributed by atoms with van der Waals surface area (Å²) in [5.41, 5.74) is 6.15. The van der Waals surface area contributed by atoms with Gasteiger partial charge in [-0.2, -0.15) is 0 Å². The van der Waals surface area contributed by atoms with Gasteiger partial charge in [0.05, 0.1) is 12.5 Å². The highest BCUT2D eigenvalue weighted by atomic mass is 35.5. The van der Waals surface area contributed by atoms with Crippen LogP contribution in [-0.4, -0.2) is 30.6 Å². The van der Waals surface area contributed by atoms with Crippen molar-refractivity contribution < 1.29 is 14.3 Å². The normalized spacial score (nSPS) is 10.8. The van der Waals surface area contributed by atoms with Gasteiger partial charge in [-0.15, -0.1) is 24.8 Å². The van der Waals surface area contributed by atoms with Gasteiger partial charge >= 0.3 is 0 Å². The molecule has 24 heavy (non-hydrogen) atoms. The molecule has 0 spiro atoms.